The molecule has 0 unspecified atom stereocenters. The van der Waals surface area contributed by atoms with E-state index in [1.807, 2.05) is 0 Å². The van der Waals surface area contributed by atoms with Gasteiger partial charge in [-0.05, 0) is 48.4 Å². The van der Waals surface area contributed by atoms with E-state index >= 15 is 0 Å². The maximum atomic E-state index is 13.4. The van der Waals surface area contributed by atoms with Gasteiger partial charge in [0.15, 0.2) is 5.76 Å². The van der Waals surface area contributed by atoms with Crippen LogP contribution in [0.5, 0.6) is 0 Å². The summed E-state index contributed by atoms with van der Waals surface area (Å²) < 4.78 is 59.1. The summed E-state index contributed by atoms with van der Waals surface area (Å²) in [4.78, 5) is 13.5. The van der Waals surface area contributed by atoms with Crippen molar-refractivity contribution >= 4 is 27.3 Å². The maximum Gasteiger partial charge on any atom is 0.293 e. The average molecular weight is 404 g/mol. The lowest BCUT2D eigenvalue weighted by atomic mass is 10.1. The molecule has 0 radical (unpaired) electrons. The number of hydrogen-bond donors (Lipinski definition) is 1. The second-order valence-electron chi connectivity index (χ2n) is 6.24. The average Bonchev–Trinajstić information content (AvgIpc) is 3.30. The second kappa shape index (κ2) is 6.75. The van der Waals surface area contributed by atoms with Crippen LogP contribution in [0.25, 0.3) is 0 Å². The van der Waals surface area contributed by atoms with Gasteiger partial charge >= 0.3 is 0 Å². The van der Waals surface area contributed by atoms with Gasteiger partial charge in [-0.1, -0.05) is 6.07 Å². The molecule has 0 saturated heterocycles. The Morgan fingerprint density at radius 1 is 1.07 bits per heavy atom. The molecule has 0 fully saturated rings. The second-order valence-corrected chi connectivity index (χ2v) is 7.92. The molecule has 4 rings (SSSR count). The molecular formula is C19H14F2N2O4S. The van der Waals surface area contributed by atoms with Crippen molar-refractivity contribution in [2.24, 2.45) is 0 Å². The fraction of sp³-hybridized carbons (Fsp3) is 0.105. The highest BCUT2D eigenvalue weighted by Crippen LogP contribution is 2.33. The number of furan rings is 1. The number of nitrogens with zero attached hydrogens (tertiary/aromatic N) is 1. The van der Waals surface area contributed by atoms with Gasteiger partial charge < -0.3 is 9.32 Å². The van der Waals surface area contributed by atoms with Gasteiger partial charge in [-0.2, -0.15) is 0 Å². The number of anilines is 2. The summed E-state index contributed by atoms with van der Waals surface area (Å²) in [7, 11) is -4.21. The summed E-state index contributed by atoms with van der Waals surface area (Å²) in [6.07, 6.45) is 2.01. The van der Waals surface area contributed by atoms with Crippen LogP contribution in [0, 0.1) is 11.6 Å². The first kappa shape index (κ1) is 18.2. The quantitative estimate of drug-likeness (QED) is 0.721. The number of benzene rings is 2. The molecule has 2 aromatic carbocycles. The molecule has 0 aliphatic carbocycles. The van der Waals surface area contributed by atoms with E-state index in [2.05, 4.69) is 4.72 Å². The molecule has 1 aliphatic heterocycles. The number of halogens is 2. The van der Waals surface area contributed by atoms with E-state index in [0.29, 0.717) is 24.7 Å². The van der Waals surface area contributed by atoms with Crippen molar-refractivity contribution in [2.45, 2.75) is 11.3 Å². The van der Waals surface area contributed by atoms with Gasteiger partial charge in [-0.15, -0.1) is 0 Å². The third kappa shape index (κ3) is 3.36. The number of hydrogen-bond acceptors (Lipinski definition) is 4. The standard InChI is InChI=1S/C19H14F2N2O4S/c20-13-8-14(21)10-16(9-13)28(25,26)22-15-4-3-12-5-6-23(17(12)11-15)19(24)18-2-1-7-27-18/h1-4,7-11,22H,5-6H2. The fourth-order valence-corrected chi connectivity index (χ4v) is 4.18. The summed E-state index contributed by atoms with van der Waals surface area (Å²) in [6, 6.07) is 9.94. The predicted molar refractivity (Wildman–Crippen MR) is 97.7 cm³/mol. The van der Waals surface area contributed by atoms with E-state index in [-0.39, 0.29) is 17.4 Å². The van der Waals surface area contributed by atoms with E-state index in [0.717, 1.165) is 17.7 Å². The van der Waals surface area contributed by atoms with E-state index in [9.17, 15) is 22.0 Å². The SMILES string of the molecule is O=C(c1ccco1)N1CCc2ccc(NS(=O)(=O)c3cc(F)cc(F)c3)cc21. The molecule has 144 valence electrons. The first-order valence-corrected chi connectivity index (χ1v) is 9.79. The third-order valence-corrected chi connectivity index (χ3v) is 5.72. The number of carbonyl (C=O) groups is 1. The van der Waals surface area contributed by atoms with Gasteiger partial charge in [0, 0.05) is 18.3 Å². The summed E-state index contributed by atoms with van der Waals surface area (Å²) in [5, 5.41) is 0. The Hall–Kier alpha value is -3.20. The van der Waals surface area contributed by atoms with Crippen molar-refractivity contribution in [3.8, 4) is 0 Å². The lowest BCUT2D eigenvalue weighted by Gasteiger charge is -2.17. The molecule has 0 saturated carbocycles. The monoisotopic (exact) mass is 404 g/mol. The van der Waals surface area contributed by atoms with Crippen LogP contribution in [0.2, 0.25) is 0 Å². The lowest BCUT2D eigenvalue weighted by molar-refractivity contribution is 0.0963. The minimum atomic E-state index is -4.21. The zero-order chi connectivity index (χ0) is 19.9. The summed E-state index contributed by atoms with van der Waals surface area (Å²) in [6.45, 7) is 0.431. The first-order chi connectivity index (χ1) is 13.3. The van der Waals surface area contributed by atoms with Gasteiger partial charge in [-0.3, -0.25) is 9.52 Å². The van der Waals surface area contributed by atoms with Crippen LogP contribution in [0.15, 0.2) is 64.1 Å². The van der Waals surface area contributed by atoms with E-state index < -0.39 is 26.6 Å². The molecule has 0 spiro atoms. The molecule has 1 N–H and O–H groups in total. The summed E-state index contributed by atoms with van der Waals surface area (Å²) >= 11 is 0. The van der Waals surface area contributed by atoms with Crippen LogP contribution >= 0.6 is 0 Å². The van der Waals surface area contributed by atoms with Crippen LogP contribution < -0.4 is 9.62 Å². The van der Waals surface area contributed by atoms with Gasteiger partial charge in [0.25, 0.3) is 15.9 Å². The van der Waals surface area contributed by atoms with Crippen molar-refractivity contribution in [1.82, 2.24) is 0 Å². The number of rotatable bonds is 4. The largest absolute Gasteiger partial charge is 0.459 e. The van der Waals surface area contributed by atoms with Crippen molar-refractivity contribution in [3.05, 3.63) is 77.8 Å². The highest BCUT2D eigenvalue weighted by atomic mass is 32.2. The maximum absolute atomic E-state index is 13.4. The Kier molecular flexibility index (Phi) is 4.38. The zero-order valence-corrected chi connectivity index (χ0v) is 15.2. The molecule has 28 heavy (non-hydrogen) atoms. The zero-order valence-electron chi connectivity index (χ0n) is 14.4. The minimum absolute atomic E-state index is 0.169. The number of fused-ring (bicyclic) bond motifs is 1. The van der Waals surface area contributed by atoms with Crippen molar-refractivity contribution < 1.29 is 26.4 Å². The van der Waals surface area contributed by atoms with Crippen LogP contribution in [-0.4, -0.2) is 20.9 Å². The van der Waals surface area contributed by atoms with Crippen molar-refractivity contribution in [2.75, 3.05) is 16.2 Å². The predicted octanol–water partition coefficient (Wildman–Crippen LogP) is 3.56. The number of carbonyl (C=O) groups excluding carboxylic acids is 1. The molecule has 3 aromatic rings. The topological polar surface area (TPSA) is 79.6 Å². The lowest BCUT2D eigenvalue weighted by Crippen LogP contribution is -2.28. The summed E-state index contributed by atoms with van der Waals surface area (Å²) in [5.41, 5.74) is 1.59. The molecule has 0 bridgehead atoms. The highest BCUT2D eigenvalue weighted by Gasteiger charge is 2.28. The van der Waals surface area contributed by atoms with Crippen LogP contribution in [0.4, 0.5) is 20.2 Å². The molecule has 9 heteroatoms. The van der Waals surface area contributed by atoms with Crippen molar-refractivity contribution in [3.63, 3.8) is 0 Å². The molecule has 1 amide bonds. The molecule has 0 atom stereocenters. The van der Waals surface area contributed by atoms with Gasteiger partial charge in [0.05, 0.1) is 16.8 Å². The minimum Gasteiger partial charge on any atom is -0.459 e. The summed E-state index contributed by atoms with van der Waals surface area (Å²) in [5.74, 6) is -2.15. The Balaban J connectivity index is 1.64. The molecule has 6 nitrogen and oxygen atoms in total. The Bertz CT molecular complexity index is 1140. The number of nitrogens with one attached hydrogen (secondary N) is 1. The Labute approximate surface area is 159 Å². The number of sulfonamides is 1. The molecule has 1 aromatic heterocycles. The van der Waals surface area contributed by atoms with E-state index in [1.54, 1.807) is 18.2 Å². The smallest absolute Gasteiger partial charge is 0.293 e. The normalized spacial score (nSPS) is 13.4. The highest BCUT2D eigenvalue weighted by molar-refractivity contribution is 7.92. The first-order valence-electron chi connectivity index (χ1n) is 8.31. The third-order valence-electron chi connectivity index (χ3n) is 4.36. The van der Waals surface area contributed by atoms with Crippen LogP contribution in [-0.2, 0) is 16.4 Å². The van der Waals surface area contributed by atoms with Gasteiger partial charge in [0.2, 0.25) is 0 Å². The fourth-order valence-electron chi connectivity index (χ4n) is 3.08. The molecule has 1 aliphatic rings. The van der Waals surface area contributed by atoms with Crippen molar-refractivity contribution in [1.29, 1.82) is 0 Å². The van der Waals surface area contributed by atoms with Gasteiger partial charge in [0.1, 0.15) is 11.6 Å². The van der Waals surface area contributed by atoms with E-state index in [1.165, 1.54) is 23.3 Å². The van der Waals surface area contributed by atoms with Crippen LogP contribution in [0.1, 0.15) is 16.1 Å². The Morgan fingerprint density at radius 2 is 1.82 bits per heavy atom. The number of amides is 1. The van der Waals surface area contributed by atoms with Crippen LogP contribution in [0.3, 0.4) is 0 Å². The van der Waals surface area contributed by atoms with E-state index in [4.69, 9.17) is 4.42 Å². The molecular weight excluding hydrogens is 390 g/mol. The van der Waals surface area contributed by atoms with Gasteiger partial charge in [-0.25, -0.2) is 17.2 Å². The Morgan fingerprint density at radius 3 is 2.50 bits per heavy atom. The molecule has 2 heterocycles.